The van der Waals surface area contributed by atoms with Gasteiger partial charge in [-0.1, -0.05) is 0 Å². The average Bonchev–Trinajstić information content (AvgIpc) is 2.55. The Hall–Kier alpha value is -1.14. The molecule has 18 heavy (non-hydrogen) atoms. The number of pyridine rings is 1. The molecule has 0 saturated carbocycles. The van der Waals surface area contributed by atoms with Crippen LogP contribution < -0.4 is 5.73 Å². The van der Waals surface area contributed by atoms with E-state index in [0.717, 1.165) is 37.1 Å². The molecule has 1 saturated heterocycles. The normalized spacial score (nSPS) is 17.5. The Balaban J connectivity index is 1.92. The molecule has 1 fully saturated rings. The predicted octanol–water partition coefficient (Wildman–Crippen LogP) is 1.43. The Labute approximate surface area is 115 Å². The number of nitrogens with zero attached hydrogens (tertiary/aromatic N) is 3. The standard InChI is InChI=1S/C12H17BrN4O/c13-11-6-10(7-15-8-11)9-16-2-1-3-17(5-4-16)12(14)18/h6-8H,1-5,9H2,(H2,14,18). The molecule has 0 radical (unpaired) electrons. The van der Waals surface area contributed by atoms with Gasteiger partial charge in [0.2, 0.25) is 0 Å². The molecule has 1 aromatic heterocycles. The second kappa shape index (κ2) is 6.15. The fourth-order valence-electron chi connectivity index (χ4n) is 2.15. The third kappa shape index (κ3) is 3.68. The van der Waals surface area contributed by atoms with E-state index >= 15 is 0 Å². The van der Waals surface area contributed by atoms with Crippen LogP contribution in [0.15, 0.2) is 22.9 Å². The molecule has 5 nitrogen and oxygen atoms in total. The molecule has 0 unspecified atom stereocenters. The maximum atomic E-state index is 11.1. The van der Waals surface area contributed by atoms with Gasteiger partial charge in [0.25, 0.3) is 0 Å². The first kappa shape index (κ1) is 13.3. The number of hydrogen-bond acceptors (Lipinski definition) is 3. The van der Waals surface area contributed by atoms with Gasteiger partial charge < -0.3 is 10.6 Å². The van der Waals surface area contributed by atoms with Gasteiger partial charge in [-0.05, 0) is 34.0 Å². The van der Waals surface area contributed by atoms with Crippen LogP contribution in [-0.4, -0.2) is 47.0 Å². The number of hydrogen-bond donors (Lipinski definition) is 1. The predicted molar refractivity (Wildman–Crippen MR) is 73.0 cm³/mol. The van der Waals surface area contributed by atoms with E-state index in [9.17, 15) is 4.79 Å². The highest BCUT2D eigenvalue weighted by Crippen LogP contribution is 2.13. The second-order valence-electron chi connectivity index (χ2n) is 4.47. The van der Waals surface area contributed by atoms with Gasteiger partial charge in [0.15, 0.2) is 0 Å². The molecule has 2 rings (SSSR count). The number of urea groups is 1. The van der Waals surface area contributed by atoms with Crippen molar-refractivity contribution in [3.05, 3.63) is 28.5 Å². The lowest BCUT2D eigenvalue weighted by atomic mass is 10.2. The van der Waals surface area contributed by atoms with Crippen LogP contribution in [0.2, 0.25) is 0 Å². The highest BCUT2D eigenvalue weighted by Gasteiger charge is 2.17. The summed E-state index contributed by atoms with van der Waals surface area (Å²) in [6.07, 6.45) is 4.62. The zero-order valence-electron chi connectivity index (χ0n) is 10.2. The summed E-state index contributed by atoms with van der Waals surface area (Å²) in [6.45, 7) is 4.16. The topological polar surface area (TPSA) is 62.5 Å². The van der Waals surface area contributed by atoms with Crippen molar-refractivity contribution in [2.75, 3.05) is 26.2 Å². The Morgan fingerprint density at radius 3 is 2.89 bits per heavy atom. The molecule has 6 heteroatoms. The fourth-order valence-corrected chi connectivity index (χ4v) is 2.56. The summed E-state index contributed by atoms with van der Waals surface area (Å²) in [4.78, 5) is 19.3. The number of aromatic nitrogens is 1. The molecule has 1 aromatic rings. The zero-order valence-corrected chi connectivity index (χ0v) is 11.8. The monoisotopic (exact) mass is 312 g/mol. The summed E-state index contributed by atoms with van der Waals surface area (Å²) in [5.41, 5.74) is 6.48. The molecule has 1 aliphatic rings. The van der Waals surface area contributed by atoms with Crippen LogP contribution in [0.5, 0.6) is 0 Å². The maximum absolute atomic E-state index is 11.1. The van der Waals surface area contributed by atoms with E-state index in [1.165, 1.54) is 5.56 Å². The van der Waals surface area contributed by atoms with Crippen LogP contribution in [0.3, 0.4) is 0 Å². The summed E-state index contributed by atoms with van der Waals surface area (Å²) in [5, 5.41) is 0. The van der Waals surface area contributed by atoms with E-state index < -0.39 is 0 Å². The van der Waals surface area contributed by atoms with Gasteiger partial charge in [-0.2, -0.15) is 0 Å². The van der Waals surface area contributed by atoms with Gasteiger partial charge >= 0.3 is 6.03 Å². The quantitative estimate of drug-likeness (QED) is 0.898. The summed E-state index contributed by atoms with van der Waals surface area (Å²) in [6, 6.07) is 1.75. The lowest BCUT2D eigenvalue weighted by Gasteiger charge is -2.20. The van der Waals surface area contributed by atoms with Gasteiger partial charge in [0.1, 0.15) is 0 Å². The smallest absolute Gasteiger partial charge is 0.314 e. The van der Waals surface area contributed by atoms with Gasteiger partial charge in [0, 0.05) is 49.6 Å². The van der Waals surface area contributed by atoms with Crippen LogP contribution in [0.4, 0.5) is 4.79 Å². The Morgan fingerprint density at radius 2 is 2.17 bits per heavy atom. The van der Waals surface area contributed by atoms with E-state index in [4.69, 9.17) is 5.73 Å². The molecule has 0 aromatic carbocycles. The van der Waals surface area contributed by atoms with E-state index in [1.807, 2.05) is 6.20 Å². The zero-order chi connectivity index (χ0) is 13.0. The highest BCUT2D eigenvalue weighted by molar-refractivity contribution is 9.10. The number of carbonyl (C=O) groups excluding carboxylic acids is 1. The SMILES string of the molecule is NC(=O)N1CCCN(Cc2cncc(Br)c2)CC1. The molecule has 0 bridgehead atoms. The van der Waals surface area contributed by atoms with Gasteiger partial charge in [0.05, 0.1) is 0 Å². The molecule has 98 valence electrons. The van der Waals surface area contributed by atoms with Crippen molar-refractivity contribution >= 4 is 22.0 Å². The lowest BCUT2D eigenvalue weighted by Crippen LogP contribution is -2.38. The third-order valence-electron chi connectivity index (χ3n) is 3.07. The minimum absolute atomic E-state index is 0.319. The summed E-state index contributed by atoms with van der Waals surface area (Å²) in [5.74, 6) is 0. The first-order chi connectivity index (χ1) is 8.65. The number of primary amides is 1. The number of carbonyl (C=O) groups is 1. The number of nitrogens with two attached hydrogens (primary N) is 1. The largest absolute Gasteiger partial charge is 0.351 e. The van der Waals surface area contributed by atoms with Crippen LogP contribution in [-0.2, 0) is 6.54 Å². The van der Waals surface area contributed by atoms with E-state index in [2.05, 4.69) is 31.9 Å². The molecule has 1 aliphatic heterocycles. The summed E-state index contributed by atoms with van der Waals surface area (Å²) in [7, 11) is 0. The van der Waals surface area contributed by atoms with Gasteiger partial charge in [-0.3, -0.25) is 9.88 Å². The van der Waals surface area contributed by atoms with Crippen molar-refractivity contribution in [3.8, 4) is 0 Å². The molecule has 0 spiro atoms. The van der Waals surface area contributed by atoms with Gasteiger partial charge in [-0.25, -0.2) is 4.79 Å². The Bertz CT molecular complexity index is 426. The number of halogens is 1. The average molecular weight is 313 g/mol. The number of amides is 2. The molecule has 2 amide bonds. The van der Waals surface area contributed by atoms with Crippen LogP contribution in [0, 0.1) is 0 Å². The molecule has 2 N–H and O–H groups in total. The Morgan fingerprint density at radius 1 is 1.33 bits per heavy atom. The maximum Gasteiger partial charge on any atom is 0.314 e. The lowest BCUT2D eigenvalue weighted by molar-refractivity contribution is 0.207. The third-order valence-corrected chi connectivity index (χ3v) is 3.50. The van der Waals surface area contributed by atoms with E-state index in [0.29, 0.717) is 6.54 Å². The van der Waals surface area contributed by atoms with Crippen molar-refractivity contribution in [2.45, 2.75) is 13.0 Å². The number of rotatable bonds is 2. The van der Waals surface area contributed by atoms with Crippen molar-refractivity contribution in [2.24, 2.45) is 5.73 Å². The minimum Gasteiger partial charge on any atom is -0.351 e. The molecular formula is C12H17BrN4O. The Kier molecular flexibility index (Phi) is 4.54. The highest BCUT2D eigenvalue weighted by atomic mass is 79.9. The molecule has 2 heterocycles. The summed E-state index contributed by atoms with van der Waals surface area (Å²) >= 11 is 3.42. The minimum atomic E-state index is -0.319. The van der Waals surface area contributed by atoms with Gasteiger partial charge in [-0.15, -0.1) is 0 Å². The molecule has 0 aliphatic carbocycles. The first-order valence-electron chi connectivity index (χ1n) is 6.01. The van der Waals surface area contributed by atoms with Crippen molar-refractivity contribution in [3.63, 3.8) is 0 Å². The van der Waals surface area contributed by atoms with Crippen LogP contribution in [0.25, 0.3) is 0 Å². The first-order valence-corrected chi connectivity index (χ1v) is 6.80. The van der Waals surface area contributed by atoms with Crippen molar-refractivity contribution < 1.29 is 4.79 Å². The van der Waals surface area contributed by atoms with Crippen molar-refractivity contribution in [1.29, 1.82) is 0 Å². The second-order valence-corrected chi connectivity index (χ2v) is 5.38. The molecular weight excluding hydrogens is 296 g/mol. The van der Waals surface area contributed by atoms with E-state index in [-0.39, 0.29) is 6.03 Å². The van der Waals surface area contributed by atoms with Crippen molar-refractivity contribution in [1.82, 2.24) is 14.8 Å². The van der Waals surface area contributed by atoms with E-state index in [1.54, 1.807) is 11.1 Å². The fraction of sp³-hybridized carbons (Fsp3) is 0.500. The summed E-state index contributed by atoms with van der Waals surface area (Å²) < 4.78 is 0.994. The van der Waals surface area contributed by atoms with Crippen LogP contribution >= 0.6 is 15.9 Å². The van der Waals surface area contributed by atoms with Crippen LogP contribution in [0.1, 0.15) is 12.0 Å². The molecule has 0 atom stereocenters.